The van der Waals surface area contributed by atoms with Crippen molar-refractivity contribution < 1.29 is 24.2 Å². The summed E-state index contributed by atoms with van der Waals surface area (Å²) in [6, 6.07) is -0.474. The number of aliphatic carboxylic acids is 1. The van der Waals surface area contributed by atoms with E-state index in [-0.39, 0.29) is 13.1 Å². The van der Waals surface area contributed by atoms with Gasteiger partial charge in [0.2, 0.25) is 0 Å². The van der Waals surface area contributed by atoms with Crippen molar-refractivity contribution in [3.05, 3.63) is 0 Å². The Balaban J connectivity index is 2.48. The SMILES string of the molecule is COC(=O)CN(C)C(=O)NCC1(C(=O)O)CCCC1. The van der Waals surface area contributed by atoms with Crippen LogP contribution in [0.15, 0.2) is 0 Å². The molecule has 0 radical (unpaired) electrons. The molecule has 0 bridgehead atoms. The minimum absolute atomic E-state index is 0.0900. The Bertz CT molecular complexity index is 363. The lowest BCUT2D eigenvalue weighted by Gasteiger charge is -2.25. The van der Waals surface area contributed by atoms with E-state index in [2.05, 4.69) is 10.1 Å². The summed E-state index contributed by atoms with van der Waals surface area (Å²) < 4.78 is 4.45. The van der Waals surface area contributed by atoms with Crippen LogP contribution in [0.3, 0.4) is 0 Å². The van der Waals surface area contributed by atoms with Crippen LogP contribution in [0.25, 0.3) is 0 Å². The van der Waals surface area contributed by atoms with Gasteiger partial charge in [-0.05, 0) is 12.8 Å². The summed E-state index contributed by atoms with van der Waals surface area (Å²) in [5.41, 5.74) is -0.859. The van der Waals surface area contributed by atoms with Gasteiger partial charge in [0.1, 0.15) is 6.54 Å². The van der Waals surface area contributed by atoms with E-state index >= 15 is 0 Å². The van der Waals surface area contributed by atoms with Crippen molar-refractivity contribution in [2.75, 3.05) is 27.2 Å². The third kappa shape index (κ3) is 3.84. The van der Waals surface area contributed by atoms with E-state index in [0.717, 1.165) is 17.7 Å². The molecule has 0 heterocycles. The first-order chi connectivity index (χ1) is 8.91. The zero-order valence-electron chi connectivity index (χ0n) is 11.3. The highest BCUT2D eigenvalue weighted by Crippen LogP contribution is 2.37. The third-order valence-electron chi connectivity index (χ3n) is 3.53. The summed E-state index contributed by atoms with van der Waals surface area (Å²) in [6.07, 6.45) is 2.87. The second kappa shape index (κ2) is 6.40. The van der Waals surface area contributed by atoms with Gasteiger partial charge in [-0.25, -0.2) is 4.79 Å². The molecule has 0 saturated heterocycles. The summed E-state index contributed by atoms with van der Waals surface area (Å²) in [6.45, 7) is -0.0743. The highest BCUT2D eigenvalue weighted by atomic mass is 16.5. The monoisotopic (exact) mass is 272 g/mol. The number of likely N-dealkylation sites (N-methyl/N-ethyl adjacent to an activating group) is 1. The second-order valence-electron chi connectivity index (χ2n) is 4.88. The van der Waals surface area contributed by atoms with E-state index in [9.17, 15) is 19.5 Å². The molecule has 0 aromatic heterocycles. The Morgan fingerprint density at radius 3 is 2.37 bits per heavy atom. The van der Waals surface area contributed by atoms with Gasteiger partial charge >= 0.3 is 18.0 Å². The van der Waals surface area contributed by atoms with Gasteiger partial charge < -0.3 is 20.1 Å². The number of methoxy groups -OCH3 is 1. The van der Waals surface area contributed by atoms with Crippen LogP contribution in [0.4, 0.5) is 4.79 Å². The Hall–Kier alpha value is -1.79. The zero-order chi connectivity index (χ0) is 14.5. The molecule has 1 rings (SSSR count). The lowest BCUT2D eigenvalue weighted by atomic mass is 9.86. The number of nitrogens with one attached hydrogen (secondary N) is 1. The summed E-state index contributed by atoms with van der Waals surface area (Å²) in [5.74, 6) is -1.40. The Morgan fingerprint density at radius 1 is 1.32 bits per heavy atom. The average Bonchev–Trinajstić information content (AvgIpc) is 2.85. The van der Waals surface area contributed by atoms with Crippen molar-refractivity contribution in [2.45, 2.75) is 25.7 Å². The molecule has 7 nitrogen and oxygen atoms in total. The van der Waals surface area contributed by atoms with Crippen LogP contribution in [0.2, 0.25) is 0 Å². The fourth-order valence-corrected chi connectivity index (χ4v) is 2.23. The smallest absolute Gasteiger partial charge is 0.325 e. The molecular weight excluding hydrogens is 252 g/mol. The number of carboxylic acids is 1. The van der Waals surface area contributed by atoms with Gasteiger partial charge in [0.15, 0.2) is 0 Å². The van der Waals surface area contributed by atoms with Crippen molar-refractivity contribution in [2.24, 2.45) is 5.41 Å². The van der Waals surface area contributed by atoms with Crippen molar-refractivity contribution in [3.63, 3.8) is 0 Å². The number of ether oxygens (including phenoxy) is 1. The van der Waals surface area contributed by atoms with Crippen LogP contribution >= 0.6 is 0 Å². The fourth-order valence-electron chi connectivity index (χ4n) is 2.23. The minimum Gasteiger partial charge on any atom is -0.481 e. The van der Waals surface area contributed by atoms with E-state index < -0.39 is 23.4 Å². The molecule has 1 fully saturated rings. The van der Waals surface area contributed by atoms with Crippen LogP contribution < -0.4 is 5.32 Å². The standard InChI is InChI=1S/C12H20N2O5/c1-14(7-9(15)19-2)11(18)13-8-12(10(16)17)5-3-4-6-12/h3-8H2,1-2H3,(H,13,18)(H,16,17). The van der Waals surface area contributed by atoms with E-state index in [4.69, 9.17) is 0 Å². The topological polar surface area (TPSA) is 95.9 Å². The van der Waals surface area contributed by atoms with Crippen LogP contribution in [-0.2, 0) is 14.3 Å². The molecule has 1 aliphatic carbocycles. The molecule has 1 aliphatic rings. The lowest BCUT2D eigenvalue weighted by molar-refractivity contribution is -0.148. The number of hydrogen-bond acceptors (Lipinski definition) is 4. The van der Waals surface area contributed by atoms with Crippen LogP contribution in [0.1, 0.15) is 25.7 Å². The molecule has 0 unspecified atom stereocenters. The zero-order valence-corrected chi connectivity index (χ0v) is 11.3. The molecule has 0 aliphatic heterocycles. The van der Waals surface area contributed by atoms with Crippen molar-refractivity contribution in [3.8, 4) is 0 Å². The van der Waals surface area contributed by atoms with Crippen molar-refractivity contribution >= 4 is 18.0 Å². The first kappa shape index (κ1) is 15.3. The molecular formula is C12H20N2O5. The number of carbonyl (C=O) groups excluding carboxylic acids is 2. The molecule has 108 valence electrons. The van der Waals surface area contributed by atoms with Gasteiger partial charge in [-0.1, -0.05) is 12.8 Å². The predicted molar refractivity (Wildman–Crippen MR) is 66.6 cm³/mol. The average molecular weight is 272 g/mol. The highest BCUT2D eigenvalue weighted by Gasteiger charge is 2.41. The minimum atomic E-state index is -0.874. The number of amides is 2. The van der Waals surface area contributed by atoms with Crippen molar-refractivity contribution in [1.82, 2.24) is 10.2 Å². The Kier molecular flexibility index (Phi) is 5.14. The molecule has 0 atom stereocenters. The van der Waals surface area contributed by atoms with Gasteiger partial charge in [0.25, 0.3) is 0 Å². The molecule has 19 heavy (non-hydrogen) atoms. The predicted octanol–water partition coefficient (Wildman–Crippen LogP) is 0.446. The number of rotatable bonds is 5. The molecule has 0 aromatic rings. The summed E-state index contributed by atoms with van der Waals surface area (Å²) in [4.78, 5) is 35.2. The number of nitrogens with zero attached hydrogens (tertiary/aromatic N) is 1. The Morgan fingerprint density at radius 2 is 1.89 bits per heavy atom. The number of esters is 1. The van der Waals surface area contributed by atoms with Crippen LogP contribution in [0, 0.1) is 5.41 Å². The molecule has 0 spiro atoms. The lowest BCUT2D eigenvalue weighted by Crippen LogP contribution is -2.46. The quantitative estimate of drug-likeness (QED) is 0.708. The number of carbonyl (C=O) groups is 3. The van der Waals surface area contributed by atoms with Gasteiger partial charge in [-0.2, -0.15) is 0 Å². The maximum Gasteiger partial charge on any atom is 0.325 e. The maximum atomic E-state index is 11.7. The van der Waals surface area contributed by atoms with Gasteiger partial charge in [0.05, 0.1) is 12.5 Å². The van der Waals surface area contributed by atoms with E-state index in [1.54, 1.807) is 0 Å². The first-order valence-corrected chi connectivity index (χ1v) is 6.20. The maximum absolute atomic E-state index is 11.7. The normalized spacial score (nSPS) is 16.7. The molecule has 1 saturated carbocycles. The van der Waals surface area contributed by atoms with Crippen LogP contribution in [0.5, 0.6) is 0 Å². The Labute approximate surface area is 111 Å². The van der Waals surface area contributed by atoms with Crippen LogP contribution in [-0.4, -0.2) is 55.2 Å². The summed E-state index contributed by atoms with van der Waals surface area (Å²) in [7, 11) is 2.69. The van der Waals surface area contributed by atoms with Gasteiger partial charge in [-0.3, -0.25) is 9.59 Å². The molecule has 2 N–H and O–H groups in total. The van der Waals surface area contributed by atoms with Gasteiger partial charge in [-0.15, -0.1) is 0 Å². The third-order valence-corrected chi connectivity index (χ3v) is 3.53. The van der Waals surface area contributed by atoms with E-state index in [1.807, 2.05) is 0 Å². The number of urea groups is 1. The molecule has 7 heteroatoms. The largest absolute Gasteiger partial charge is 0.481 e. The fraction of sp³-hybridized carbons (Fsp3) is 0.750. The second-order valence-corrected chi connectivity index (χ2v) is 4.88. The van der Waals surface area contributed by atoms with E-state index in [0.29, 0.717) is 12.8 Å². The number of carboxylic acid groups (broad SMARTS) is 1. The van der Waals surface area contributed by atoms with Crippen molar-refractivity contribution in [1.29, 1.82) is 0 Å². The number of hydrogen-bond donors (Lipinski definition) is 2. The van der Waals surface area contributed by atoms with Gasteiger partial charge in [0, 0.05) is 13.6 Å². The summed E-state index contributed by atoms with van der Waals surface area (Å²) >= 11 is 0. The summed E-state index contributed by atoms with van der Waals surface area (Å²) in [5, 5.41) is 11.8. The first-order valence-electron chi connectivity index (χ1n) is 6.20. The molecule has 2 amide bonds. The molecule has 0 aromatic carbocycles. The van der Waals surface area contributed by atoms with E-state index in [1.165, 1.54) is 14.2 Å². The highest BCUT2D eigenvalue weighted by molar-refractivity contribution is 5.81.